The van der Waals surface area contributed by atoms with Crippen LogP contribution in [0.5, 0.6) is 0 Å². The summed E-state index contributed by atoms with van der Waals surface area (Å²) in [7, 11) is 3.34. The Hall–Kier alpha value is -2.88. The van der Waals surface area contributed by atoms with Gasteiger partial charge in [0.25, 0.3) is 5.56 Å². The molecule has 10 nitrogen and oxygen atoms in total. The lowest BCUT2D eigenvalue weighted by atomic mass is 9.98. The molecular weight excluding hydrogens is 350 g/mol. The van der Waals surface area contributed by atoms with Crippen molar-refractivity contribution in [2.45, 2.75) is 38.5 Å². The summed E-state index contributed by atoms with van der Waals surface area (Å²) in [6, 6.07) is -0.0140. The first-order chi connectivity index (χ1) is 13.0. The second-order valence-electron chi connectivity index (χ2n) is 6.80. The number of ether oxygens (including phenoxy) is 1. The first-order valence-electron chi connectivity index (χ1n) is 9.05. The van der Waals surface area contributed by atoms with E-state index in [1.807, 2.05) is 24.0 Å². The van der Waals surface area contributed by atoms with Crippen molar-refractivity contribution in [3.63, 3.8) is 0 Å². The number of nitrogens with one attached hydrogen (secondary N) is 2. The zero-order valence-corrected chi connectivity index (χ0v) is 15.6. The lowest BCUT2D eigenvalue weighted by Gasteiger charge is -2.32. The molecule has 144 valence electrons. The van der Waals surface area contributed by atoms with E-state index in [1.165, 1.54) is 4.57 Å². The van der Waals surface area contributed by atoms with Crippen LogP contribution in [0.3, 0.4) is 0 Å². The van der Waals surface area contributed by atoms with Gasteiger partial charge in [0.15, 0.2) is 11.2 Å². The van der Waals surface area contributed by atoms with Gasteiger partial charge < -0.3 is 14.6 Å². The zero-order chi connectivity index (χ0) is 19.1. The van der Waals surface area contributed by atoms with E-state index >= 15 is 0 Å². The van der Waals surface area contributed by atoms with E-state index in [0.29, 0.717) is 23.7 Å². The van der Waals surface area contributed by atoms with E-state index in [1.54, 1.807) is 18.7 Å². The lowest BCUT2D eigenvalue weighted by Crippen LogP contribution is -2.34. The standard InChI is InChI=1S/C17H23N7O3/c1-4-24-9-10(8-18-24)13-11(6-5-7-27-13)19-16-20-14-12(22(16)2)15(25)21-17(26)23(14)3/h8-9,11,13H,4-7H2,1-3H3,(H,19,20)(H,21,25,26)/t11-,13+/m0/s1. The minimum Gasteiger partial charge on any atom is -0.371 e. The summed E-state index contributed by atoms with van der Waals surface area (Å²) in [6.45, 7) is 3.53. The fourth-order valence-electron chi connectivity index (χ4n) is 3.56. The number of hydrogen-bond donors (Lipinski definition) is 2. The van der Waals surface area contributed by atoms with Gasteiger partial charge >= 0.3 is 5.69 Å². The molecule has 0 aliphatic carbocycles. The van der Waals surface area contributed by atoms with E-state index in [4.69, 9.17) is 4.74 Å². The molecule has 2 N–H and O–H groups in total. The molecule has 3 aromatic rings. The Bertz CT molecular complexity index is 1090. The Balaban J connectivity index is 1.70. The van der Waals surface area contributed by atoms with E-state index < -0.39 is 11.2 Å². The van der Waals surface area contributed by atoms with Crippen LogP contribution in [0.1, 0.15) is 31.4 Å². The molecule has 1 aliphatic heterocycles. The molecule has 3 aromatic heterocycles. The van der Waals surface area contributed by atoms with Crippen LogP contribution >= 0.6 is 0 Å². The highest BCUT2D eigenvalue weighted by molar-refractivity contribution is 5.74. The van der Waals surface area contributed by atoms with Crippen LogP contribution in [-0.2, 0) is 25.4 Å². The number of nitrogens with zero attached hydrogens (tertiary/aromatic N) is 5. The summed E-state index contributed by atoms with van der Waals surface area (Å²) in [5.41, 5.74) is 0.783. The smallest absolute Gasteiger partial charge is 0.329 e. The van der Waals surface area contributed by atoms with Gasteiger partial charge in [-0.1, -0.05) is 0 Å². The van der Waals surface area contributed by atoms with Crippen molar-refractivity contribution in [1.29, 1.82) is 0 Å². The predicted octanol–water partition coefficient (Wildman–Crippen LogP) is 0.509. The van der Waals surface area contributed by atoms with E-state index in [0.717, 1.165) is 24.9 Å². The molecule has 10 heteroatoms. The molecule has 0 amide bonds. The van der Waals surface area contributed by atoms with Crippen LogP contribution in [-0.4, -0.2) is 41.5 Å². The number of anilines is 1. The van der Waals surface area contributed by atoms with Crippen LogP contribution in [0, 0.1) is 0 Å². The Morgan fingerprint density at radius 1 is 1.33 bits per heavy atom. The van der Waals surface area contributed by atoms with Gasteiger partial charge in [-0.15, -0.1) is 0 Å². The van der Waals surface area contributed by atoms with Gasteiger partial charge in [-0.2, -0.15) is 10.1 Å². The number of hydrogen-bond acceptors (Lipinski definition) is 6. The summed E-state index contributed by atoms with van der Waals surface area (Å²) in [5.74, 6) is 0.528. The van der Waals surface area contributed by atoms with Crippen LogP contribution < -0.4 is 16.6 Å². The SMILES string of the molecule is CCn1cc([C@H]2OCCC[C@@H]2Nc2nc3c(c(=O)[nH]c(=O)n3C)n2C)cn1. The van der Waals surface area contributed by atoms with E-state index in [-0.39, 0.29) is 12.1 Å². The van der Waals surface area contributed by atoms with Crippen molar-refractivity contribution < 1.29 is 4.74 Å². The molecule has 27 heavy (non-hydrogen) atoms. The topological polar surface area (TPSA) is 112 Å². The summed E-state index contributed by atoms with van der Waals surface area (Å²) < 4.78 is 10.9. The average Bonchev–Trinajstić information content (AvgIpc) is 3.26. The first kappa shape index (κ1) is 17.5. The molecule has 1 fully saturated rings. The predicted molar refractivity (Wildman–Crippen MR) is 99.8 cm³/mol. The van der Waals surface area contributed by atoms with Crippen LogP contribution in [0.4, 0.5) is 5.95 Å². The van der Waals surface area contributed by atoms with Crippen LogP contribution in [0.15, 0.2) is 22.0 Å². The fourth-order valence-corrected chi connectivity index (χ4v) is 3.56. The maximum atomic E-state index is 12.2. The Kier molecular flexibility index (Phi) is 4.34. The quantitative estimate of drug-likeness (QED) is 0.689. The maximum Gasteiger partial charge on any atom is 0.329 e. The van der Waals surface area contributed by atoms with Crippen LogP contribution in [0.25, 0.3) is 11.2 Å². The van der Waals surface area contributed by atoms with Crippen LogP contribution in [0.2, 0.25) is 0 Å². The number of rotatable bonds is 4. The molecule has 0 unspecified atom stereocenters. The van der Waals surface area contributed by atoms with E-state index in [9.17, 15) is 9.59 Å². The second kappa shape index (κ2) is 6.69. The van der Waals surface area contributed by atoms with Gasteiger partial charge in [-0.25, -0.2) is 4.79 Å². The molecule has 0 bridgehead atoms. The van der Waals surface area contributed by atoms with Crippen molar-refractivity contribution in [3.05, 3.63) is 38.8 Å². The van der Waals surface area contributed by atoms with Gasteiger partial charge in [0.2, 0.25) is 5.95 Å². The minimum atomic E-state index is -0.483. The minimum absolute atomic E-state index is 0.0140. The third-order valence-corrected chi connectivity index (χ3v) is 5.08. The number of H-pyrrole nitrogens is 1. The van der Waals surface area contributed by atoms with Crippen molar-refractivity contribution in [3.8, 4) is 0 Å². The number of aromatic amines is 1. The van der Waals surface area contributed by atoms with Crippen molar-refractivity contribution in [2.24, 2.45) is 14.1 Å². The van der Waals surface area contributed by atoms with Crippen molar-refractivity contribution in [1.82, 2.24) is 28.9 Å². The Morgan fingerprint density at radius 3 is 2.89 bits per heavy atom. The first-order valence-corrected chi connectivity index (χ1v) is 9.05. The monoisotopic (exact) mass is 373 g/mol. The Labute approximate surface area is 154 Å². The van der Waals surface area contributed by atoms with Gasteiger partial charge in [-0.3, -0.25) is 19.0 Å². The highest BCUT2D eigenvalue weighted by Crippen LogP contribution is 2.30. The number of imidazole rings is 1. The summed E-state index contributed by atoms with van der Waals surface area (Å²) >= 11 is 0. The highest BCUT2D eigenvalue weighted by Gasteiger charge is 2.30. The number of fused-ring (bicyclic) bond motifs is 1. The van der Waals surface area contributed by atoms with Gasteiger partial charge in [-0.05, 0) is 19.8 Å². The molecule has 0 radical (unpaired) electrons. The molecule has 2 atom stereocenters. The molecule has 0 saturated carbocycles. The molecule has 1 saturated heterocycles. The molecule has 0 aromatic carbocycles. The summed E-state index contributed by atoms with van der Waals surface area (Å²) in [4.78, 5) is 30.9. The second-order valence-corrected chi connectivity index (χ2v) is 6.80. The molecule has 1 aliphatic rings. The van der Waals surface area contributed by atoms with Gasteiger partial charge in [0, 0.05) is 39.0 Å². The zero-order valence-electron chi connectivity index (χ0n) is 15.6. The average molecular weight is 373 g/mol. The molecule has 0 spiro atoms. The van der Waals surface area contributed by atoms with Crippen molar-refractivity contribution in [2.75, 3.05) is 11.9 Å². The molecule has 4 heterocycles. The largest absolute Gasteiger partial charge is 0.371 e. The normalized spacial score (nSPS) is 20.3. The Morgan fingerprint density at radius 2 is 2.15 bits per heavy atom. The maximum absolute atomic E-state index is 12.2. The third-order valence-electron chi connectivity index (χ3n) is 5.08. The molecular formula is C17H23N7O3. The highest BCUT2D eigenvalue weighted by atomic mass is 16.5. The lowest BCUT2D eigenvalue weighted by molar-refractivity contribution is 0.00536. The number of aromatic nitrogens is 6. The van der Waals surface area contributed by atoms with Gasteiger partial charge in [0.1, 0.15) is 6.10 Å². The summed E-state index contributed by atoms with van der Waals surface area (Å²) in [5, 5.41) is 7.75. The summed E-state index contributed by atoms with van der Waals surface area (Å²) in [6.07, 6.45) is 5.51. The van der Waals surface area contributed by atoms with Crippen molar-refractivity contribution >= 4 is 17.1 Å². The third kappa shape index (κ3) is 2.95. The van der Waals surface area contributed by atoms with E-state index in [2.05, 4.69) is 20.4 Å². The fraction of sp³-hybridized carbons (Fsp3) is 0.529. The van der Waals surface area contributed by atoms with Gasteiger partial charge in [0.05, 0.1) is 12.2 Å². The molecule has 4 rings (SSSR count). The number of aryl methyl sites for hydroxylation is 3.